The van der Waals surface area contributed by atoms with Gasteiger partial charge in [-0.1, -0.05) is 35.5 Å². The van der Waals surface area contributed by atoms with Crippen LogP contribution in [-0.4, -0.2) is 20.8 Å². The van der Waals surface area contributed by atoms with Gasteiger partial charge in [0.2, 0.25) is 0 Å². The summed E-state index contributed by atoms with van der Waals surface area (Å²) in [7, 11) is 0. The van der Waals surface area contributed by atoms with Gasteiger partial charge in [-0.25, -0.2) is 4.68 Å². The van der Waals surface area contributed by atoms with Gasteiger partial charge in [-0.05, 0) is 38.5 Å². The van der Waals surface area contributed by atoms with Gasteiger partial charge in [-0.15, -0.1) is 0 Å². The number of furan rings is 1. The molecule has 0 bridgehead atoms. The van der Waals surface area contributed by atoms with E-state index in [2.05, 4.69) is 15.6 Å². The van der Waals surface area contributed by atoms with Crippen LogP contribution in [0.25, 0.3) is 0 Å². The van der Waals surface area contributed by atoms with Crippen molar-refractivity contribution in [3.63, 3.8) is 0 Å². The number of rotatable bonds is 6. The quantitative estimate of drug-likeness (QED) is 0.531. The molecule has 0 unspecified atom stereocenters. The van der Waals surface area contributed by atoms with Gasteiger partial charge < -0.3 is 14.3 Å². The minimum Gasteiger partial charge on any atom is -0.456 e. The SMILES string of the molecule is Cc1cc(NC(=O)c2ccc(Cc3c(C)noc3C)o2)n(Cc2ccccc2)n1. The molecule has 1 N–H and O–H groups in total. The van der Waals surface area contributed by atoms with Gasteiger partial charge >= 0.3 is 0 Å². The number of hydrogen-bond donors (Lipinski definition) is 1. The van der Waals surface area contributed by atoms with Crippen LogP contribution in [0.4, 0.5) is 5.82 Å². The second-order valence-electron chi connectivity index (χ2n) is 7.01. The lowest BCUT2D eigenvalue weighted by molar-refractivity contribution is 0.0994. The minimum absolute atomic E-state index is 0.247. The van der Waals surface area contributed by atoms with Crippen LogP contribution in [0, 0.1) is 20.8 Å². The van der Waals surface area contributed by atoms with Gasteiger partial charge in [0, 0.05) is 18.1 Å². The van der Waals surface area contributed by atoms with Crippen LogP contribution in [0.1, 0.15) is 44.6 Å². The fourth-order valence-electron chi connectivity index (χ4n) is 3.22. The molecule has 0 fully saturated rings. The first-order valence-corrected chi connectivity index (χ1v) is 9.40. The van der Waals surface area contributed by atoms with Gasteiger partial charge in [0.25, 0.3) is 5.91 Å². The number of hydrogen-bond acceptors (Lipinski definition) is 5. The molecule has 0 saturated carbocycles. The Bertz CT molecular complexity index is 1120. The number of aryl methyl sites for hydroxylation is 3. The van der Waals surface area contributed by atoms with Crippen LogP contribution in [0.3, 0.4) is 0 Å². The zero-order chi connectivity index (χ0) is 20.4. The topological polar surface area (TPSA) is 86.1 Å². The fraction of sp³-hybridized carbons (Fsp3) is 0.227. The summed E-state index contributed by atoms with van der Waals surface area (Å²) in [5.74, 6) is 1.99. The molecule has 1 aromatic carbocycles. The number of nitrogens with zero attached hydrogens (tertiary/aromatic N) is 3. The van der Waals surface area contributed by atoms with Crippen LogP contribution >= 0.6 is 0 Å². The van der Waals surface area contributed by atoms with Crippen molar-refractivity contribution in [3.05, 3.63) is 88.3 Å². The van der Waals surface area contributed by atoms with Gasteiger partial charge in [0.15, 0.2) is 5.76 Å². The van der Waals surface area contributed by atoms with Crippen LogP contribution in [0.15, 0.2) is 57.5 Å². The summed E-state index contributed by atoms with van der Waals surface area (Å²) < 4.78 is 12.7. The molecule has 0 radical (unpaired) electrons. The molecule has 0 atom stereocenters. The highest BCUT2D eigenvalue weighted by Crippen LogP contribution is 2.20. The highest BCUT2D eigenvalue weighted by Gasteiger charge is 2.17. The third-order valence-corrected chi connectivity index (χ3v) is 4.74. The van der Waals surface area contributed by atoms with Crippen LogP contribution in [0.5, 0.6) is 0 Å². The summed E-state index contributed by atoms with van der Waals surface area (Å²) in [5, 5.41) is 11.3. The second-order valence-corrected chi connectivity index (χ2v) is 7.01. The Morgan fingerprint density at radius 1 is 1.10 bits per heavy atom. The zero-order valence-electron chi connectivity index (χ0n) is 16.6. The van der Waals surface area contributed by atoms with E-state index in [4.69, 9.17) is 8.94 Å². The Hall–Kier alpha value is -3.61. The third kappa shape index (κ3) is 4.13. The molecule has 1 amide bonds. The standard InChI is InChI=1S/C22H22N4O3/c1-14-11-21(26(24-14)13-17-7-5-4-6-8-17)23-22(27)20-10-9-18(28-20)12-19-15(2)25-29-16(19)3/h4-11H,12-13H2,1-3H3,(H,23,27). The van der Waals surface area contributed by atoms with Crippen molar-refractivity contribution in [2.75, 3.05) is 5.32 Å². The Morgan fingerprint density at radius 2 is 1.90 bits per heavy atom. The van der Waals surface area contributed by atoms with Crippen molar-refractivity contribution >= 4 is 11.7 Å². The molecule has 7 nitrogen and oxygen atoms in total. The number of anilines is 1. The maximum Gasteiger partial charge on any atom is 0.292 e. The van der Waals surface area contributed by atoms with Crippen molar-refractivity contribution in [2.45, 2.75) is 33.7 Å². The highest BCUT2D eigenvalue weighted by molar-refractivity contribution is 6.01. The third-order valence-electron chi connectivity index (χ3n) is 4.74. The van der Waals surface area contributed by atoms with E-state index in [0.29, 0.717) is 24.5 Å². The largest absolute Gasteiger partial charge is 0.456 e. The molecule has 0 saturated heterocycles. The molecule has 4 aromatic rings. The Kier molecular flexibility index (Phi) is 5.03. The molecule has 7 heteroatoms. The normalized spacial score (nSPS) is 11.0. The summed E-state index contributed by atoms with van der Waals surface area (Å²) in [5.41, 5.74) is 3.73. The number of amides is 1. The van der Waals surface area contributed by atoms with Crippen molar-refractivity contribution in [3.8, 4) is 0 Å². The number of carbonyl (C=O) groups is 1. The molecular weight excluding hydrogens is 368 g/mol. The predicted molar refractivity (Wildman–Crippen MR) is 108 cm³/mol. The summed E-state index contributed by atoms with van der Waals surface area (Å²) in [6.45, 7) is 6.21. The van der Waals surface area contributed by atoms with E-state index >= 15 is 0 Å². The first kappa shape index (κ1) is 18.7. The lowest BCUT2D eigenvalue weighted by Crippen LogP contribution is -2.15. The minimum atomic E-state index is -0.316. The maximum atomic E-state index is 12.7. The van der Waals surface area contributed by atoms with Gasteiger partial charge in [-0.2, -0.15) is 5.10 Å². The Labute approximate surface area is 168 Å². The van der Waals surface area contributed by atoms with E-state index in [1.165, 1.54) is 0 Å². The Balaban J connectivity index is 1.48. The summed E-state index contributed by atoms with van der Waals surface area (Å²) in [6, 6.07) is 15.3. The highest BCUT2D eigenvalue weighted by atomic mass is 16.5. The first-order chi connectivity index (χ1) is 14.0. The number of nitrogens with one attached hydrogen (secondary N) is 1. The van der Waals surface area contributed by atoms with E-state index in [-0.39, 0.29) is 11.7 Å². The van der Waals surface area contributed by atoms with Crippen LogP contribution in [-0.2, 0) is 13.0 Å². The molecule has 0 aliphatic heterocycles. The summed E-state index contributed by atoms with van der Waals surface area (Å²) in [4.78, 5) is 12.7. The van der Waals surface area contributed by atoms with E-state index in [1.54, 1.807) is 16.8 Å². The van der Waals surface area contributed by atoms with Crippen molar-refractivity contribution in [1.82, 2.24) is 14.9 Å². The Morgan fingerprint density at radius 3 is 2.62 bits per heavy atom. The molecule has 3 aromatic heterocycles. The average Bonchev–Trinajstić information content (AvgIpc) is 3.39. The average molecular weight is 390 g/mol. The number of benzene rings is 1. The predicted octanol–water partition coefficient (Wildman–Crippen LogP) is 4.28. The fourth-order valence-corrected chi connectivity index (χ4v) is 3.22. The molecule has 0 aliphatic rings. The lowest BCUT2D eigenvalue weighted by Gasteiger charge is -2.08. The van der Waals surface area contributed by atoms with Crippen LogP contribution in [0.2, 0.25) is 0 Å². The van der Waals surface area contributed by atoms with Crippen molar-refractivity contribution < 1.29 is 13.7 Å². The molecule has 0 spiro atoms. The number of carbonyl (C=O) groups excluding carboxylic acids is 1. The lowest BCUT2D eigenvalue weighted by atomic mass is 10.1. The maximum absolute atomic E-state index is 12.7. The number of aromatic nitrogens is 3. The van der Waals surface area contributed by atoms with E-state index in [9.17, 15) is 4.79 Å². The first-order valence-electron chi connectivity index (χ1n) is 9.40. The molecule has 0 aliphatic carbocycles. The van der Waals surface area contributed by atoms with E-state index in [1.807, 2.05) is 57.2 Å². The molecular formula is C22H22N4O3. The molecule has 3 heterocycles. The molecule has 29 heavy (non-hydrogen) atoms. The van der Waals surface area contributed by atoms with Crippen LogP contribution < -0.4 is 5.32 Å². The molecule has 148 valence electrons. The monoisotopic (exact) mass is 390 g/mol. The zero-order valence-corrected chi connectivity index (χ0v) is 16.6. The summed E-state index contributed by atoms with van der Waals surface area (Å²) >= 11 is 0. The van der Waals surface area contributed by atoms with Gasteiger partial charge in [0.05, 0.1) is 17.9 Å². The smallest absolute Gasteiger partial charge is 0.292 e. The second kappa shape index (κ2) is 7.79. The van der Waals surface area contributed by atoms with Gasteiger partial charge in [-0.3, -0.25) is 4.79 Å². The van der Waals surface area contributed by atoms with Gasteiger partial charge in [0.1, 0.15) is 17.3 Å². The summed E-state index contributed by atoms with van der Waals surface area (Å²) in [6.07, 6.45) is 0.527. The van der Waals surface area contributed by atoms with Crippen molar-refractivity contribution in [1.29, 1.82) is 0 Å². The van der Waals surface area contributed by atoms with E-state index < -0.39 is 0 Å². The van der Waals surface area contributed by atoms with Crippen molar-refractivity contribution in [2.24, 2.45) is 0 Å². The van der Waals surface area contributed by atoms with E-state index in [0.717, 1.165) is 28.3 Å². The molecule has 4 rings (SSSR count).